The maximum absolute atomic E-state index is 12.2. The van der Waals surface area contributed by atoms with Crippen molar-refractivity contribution < 1.29 is 22.7 Å². The number of rotatable bonds is 7. The fraction of sp³-hybridized carbons (Fsp3) is 0.105. The van der Waals surface area contributed by atoms with Crippen LogP contribution in [0.25, 0.3) is 0 Å². The molecule has 1 aromatic heterocycles. The molecular weight excluding hydrogens is 432 g/mol. The van der Waals surface area contributed by atoms with Crippen LogP contribution in [0.4, 0.5) is 11.4 Å². The van der Waals surface area contributed by atoms with Gasteiger partial charge < -0.3 is 14.8 Å². The molecule has 2 N–H and O–H groups in total. The van der Waals surface area contributed by atoms with E-state index in [9.17, 15) is 13.2 Å². The molecule has 4 rings (SSSR count). The quantitative estimate of drug-likeness (QED) is 0.531. The van der Waals surface area contributed by atoms with Crippen molar-refractivity contribution in [2.45, 2.75) is 9.10 Å². The van der Waals surface area contributed by atoms with Crippen LogP contribution in [-0.4, -0.2) is 26.9 Å². The number of anilines is 2. The van der Waals surface area contributed by atoms with Gasteiger partial charge in [0.25, 0.3) is 10.0 Å². The van der Waals surface area contributed by atoms with Crippen LogP contribution >= 0.6 is 23.1 Å². The Morgan fingerprint density at radius 2 is 1.79 bits per heavy atom. The molecule has 0 spiro atoms. The molecular formula is C19H16N2O5S3. The van der Waals surface area contributed by atoms with Crippen LogP contribution in [0.15, 0.2) is 69.1 Å². The second-order valence-electron chi connectivity index (χ2n) is 5.97. The molecule has 0 aliphatic carbocycles. The lowest BCUT2D eigenvalue weighted by Crippen LogP contribution is -2.14. The van der Waals surface area contributed by atoms with E-state index in [2.05, 4.69) is 10.0 Å². The van der Waals surface area contributed by atoms with Crippen molar-refractivity contribution in [3.05, 3.63) is 60.0 Å². The number of amides is 1. The summed E-state index contributed by atoms with van der Waals surface area (Å²) in [4.78, 5) is 13.0. The van der Waals surface area contributed by atoms with Gasteiger partial charge in [0, 0.05) is 22.3 Å². The molecule has 0 atom stereocenters. The maximum atomic E-state index is 12.2. The van der Waals surface area contributed by atoms with E-state index in [1.54, 1.807) is 60.0 Å². The maximum Gasteiger partial charge on any atom is 0.271 e. The molecule has 0 bridgehead atoms. The van der Waals surface area contributed by atoms with Crippen molar-refractivity contribution in [1.29, 1.82) is 0 Å². The van der Waals surface area contributed by atoms with Crippen molar-refractivity contribution in [2.24, 2.45) is 0 Å². The Balaban J connectivity index is 1.30. The summed E-state index contributed by atoms with van der Waals surface area (Å²) in [5.74, 6) is 1.33. The summed E-state index contributed by atoms with van der Waals surface area (Å²) >= 11 is 2.51. The summed E-state index contributed by atoms with van der Waals surface area (Å²) in [6.45, 7) is 0.183. The van der Waals surface area contributed by atoms with Crippen molar-refractivity contribution >= 4 is 50.4 Å². The molecule has 3 aromatic rings. The lowest BCUT2D eigenvalue weighted by atomic mass is 10.3. The van der Waals surface area contributed by atoms with Crippen LogP contribution < -0.4 is 19.5 Å². The summed E-state index contributed by atoms with van der Waals surface area (Å²) in [6, 6.07) is 15.3. The lowest BCUT2D eigenvalue weighted by Gasteiger charge is -2.08. The van der Waals surface area contributed by atoms with Crippen LogP contribution in [0.2, 0.25) is 0 Å². The first-order chi connectivity index (χ1) is 14.0. The molecule has 29 heavy (non-hydrogen) atoms. The Hall–Kier alpha value is -2.69. The standard InChI is InChI=1S/C19H16N2O5S3/c22-18(20-14-5-8-16-17(10-14)26-12-25-16)11-28-15-6-3-13(4-7-15)21-29(23,24)19-2-1-9-27-19/h1-10,21H,11-12H2,(H,20,22). The van der Waals surface area contributed by atoms with Gasteiger partial charge in [0.05, 0.1) is 5.75 Å². The first-order valence-corrected chi connectivity index (χ1v) is 11.8. The van der Waals surface area contributed by atoms with Gasteiger partial charge in [-0.2, -0.15) is 0 Å². The van der Waals surface area contributed by atoms with Crippen molar-refractivity contribution in [1.82, 2.24) is 0 Å². The molecule has 0 radical (unpaired) electrons. The normalized spacial score (nSPS) is 12.6. The van der Waals surface area contributed by atoms with Gasteiger partial charge in [0.2, 0.25) is 12.7 Å². The molecule has 1 amide bonds. The van der Waals surface area contributed by atoms with Crippen LogP contribution in [-0.2, 0) is 14.8 Å². The Kier molecular flexibility index (Phi) is 5.65. The Morgan fingerprint density at radius 1 is 1.03 bits per heavy atom. The molecule has 150 valence electrons. The van der Waals surface area contributed by atoms with E-state index in [-0.39, 0.29) is 22.7 Å². The predicted molar refractivity (Wildman–Crippen MR) is 113 cm³/mol. The first kappa shape index (κ1) is 19.6. The minimum Gasteiger partial charge on any atom is -0.454 e. The van der Waals surface area contributed by atoms with Crippen LogP contribution in [0.1, 0.15) is 0 Å². The van der Waals surface area contributed by atoms with Gasteiger partial charge in [-0.1, -0.05) is 6.07 Å². The minimum atomic E-state index is -3.57. The summed E-state index contributed by atoms with van der Waals surface area (Å²) in [5, 5.41) is 4.53. The molecule has 10 heteroatoms. The zero-order valence-electron chi connectivity index (χ0n) is 15.0. The third-order valence-corrected chi connectivity index (χ3v) is 7.68. The highest BCUT2D eigenvalue weighted by molar-refractivity contribution is 8.00. The number of ether oxygens (including phenoxy) is 2. The third-order valence-electron chi connectivity index (χ3n) is 3.89. The number of thioether (sulfide) groups is 1. The number of nitrogens with one attached hydrogen (secondary N) is 2. The van der Waals surface area contributed by atoms with Crippen molar-refractivity contribution in [3.8, 4) is 11.5 Å². The number of hydrogen-bond donors (Lipinski definition) is 2. The highest BCUT2D eigenvalue weighted by atomic mass is 32.2. The molecule has 2 heterocycles. The zero-order chi connectivity index (χ0) is 20.3. The van der Waals surface area contributed by atoms with Crippen LogP contribution in [0, 0.1) is 0 Å². The second-order valence-corrected chi connectivity index (χ2v) is 9.87. The van der Waals surface area contributed by atoms with E-state index >= 15 is 0 Å². The summed E-state index contributed by atoms with van der Waals surface area (Å²) in [6.07, 6.45) is 0. The molecule has 0 fully saturated rings. The monoisotopic (exact) mass is 448 g/mol. The highest BCUT2D eigenvalue weighted by Gasteiger charge is 2.16. The summed E-state index contributed by atoms with van der Waals surface area (Å²) < 4.78 is 37.8. The van der Waals surface area contributed by atoms with Gasteiger partial charge in [0.1, 0.15) is 4.21 Å². The van der Waals surface area contributed by atoms with Crippen LogP contribution in [0.3, 0.4) is 0 Å². The second kappa shape index (κ2) is 8.36. The molecule has 0 saturated heterocycles. The first-order valence-electron chi connectivity index (χ1n) is 8.48. The number of carbonyl (C=O) groups excluding carboxylic acids is 1. The third kappa shape index (κ3) is 4.84. The number of hydrogen-bond acceptors (Lipinski definition) is 7. The van der Waals surface area contributed by atoms with Crippen LogP contribution in [0.5, 0.6) is 11.5 Å². The van der Waals surface area contributed by atoms with Crippen molar-refractivity contribution in [3.63, 3.8) is 0 Å². The number of carbonyl (C=O) groups is 1. The van der Waals surface area contributed by atoms with E-state index in [0.29, 0.717) is 22.9 Å². The molecule has 1 aliphatic heterocycles. The van der Waals surface area contributed by atoms with Crippen molar-refractivity contribution in [2.75, 3.05) is 22.6 Å². The molecule has 7 nitrogen and oxygen atoms in total. The molecule has 0 saturated carbocycles. The zero-order valence-corrected chi connectivity index (χ0v) is 17.4. The van der Waals surface area contributed by atoms with Gasteiger partial charge in [-0.15, -0.1) is 23.1 Å². The predicted octanol–water partition coefficient (Wildman–Crippen LogP) is 4.01. The molecule has 2 aromatic carbocycles. The minimum absolute atomic E-state index is 0.156. The fourth-order valence-corrected chi connectivity index (χ4v) is 5.31. The van der Waals surface area contributed by atoms with E-state index in [1.807, 2.05) is 0 Å². The Labute approximate surface area is 176 Å². The fourth-order valence-electron chi connectivity index (χ4n) is 2.56. The number of thiophene rings is 1. The smallest absolute Gasteiger partial charge is 0.271 e. The molecule has 1 aliphatic rings. The average Bonchev–Trinajstić information content (AvgIpc) is 3.39. The summed E-state index contributed by atoms with van der Waals surface area (Å²) in [7, 11) is -3.57. The van der Waals surface area contributed by atoms with Gasteiger partial charge in [-0.25, -0.2) is 8.42 Å². The van der Waals surface area contributed by atoms with E-state index in [0.717, 1.165) is 16.2 Å². The SMILES string of the molecule is O=C(CSc1ccc(NS(=O)(=O)c2cccs2)cc1)Nc1ccc2c(c1)OCO2. The van der Waals surface area contributed by atoms with E-state index < -0.39 is 10.0 Å². The van der Waals surface area contributed by atoms with Gasteiger partial charge in [0.15, 0.2) is 11.5 Å². The topological polar surface area (TPSA) is 93.7 Å². The number of sulfonamides is 1. The Morgan fingerprint density at radius 3 is 2.55 bits per heavy atom. The Bertz CT molecular complexity index is 1110. The average molecular weight is 449 g/mol. The van der Waals surface area contributed by atoms with Gasteiger partial charge >= 0.3 is 0 Å². The highest BCUT2D eigenvalue weighted by Crippen LogP contribution is 2.34. The number of benzene rings is 2. The van der Waals surface area contributed by atoms with E-state index in [4.69, 9.17) is 9.47 Å². The van der Waals surface area contributed by atoms with Gasteiger partial charge in [-0.05, 0) is 47.8 Å². The molecule has 0 unspecified atom stereocenters. The lowest BCUT2D eigenvalue weighted by molar-refractivity contribution is -0.113. The van der Waals surface area contributed by atoms with E-state index in [1.165, 1.54) is 11.8 Å². The van der Waals surface area contributed by atoms with Gasteiger partial charge in [-0.3, -0.25) is 9.52 Å². The largest absolute Gasteiger partial charge is 0.454 e. The summed E-state index contributed by atoms with van der Waals surface area (Å²) in [5.41, 5.74) is 1.10. The number of fused-ring (bicyclic) bond motifs is 1.